The molecule has 5 heteroatoms. The summed E-state index contributed by atoms with van der Waals surface area (Å²) in [5, 5.41) is 9.46. The van der Waals surface area contributed by atoms with Crippen LogP contribution in [-0.4, -0.2) is 49.5 Å². The number of hydrogen-bond donors (Lipinski definition) is 1. The van der Waals surface area contributed by atoms with Gasteiger partial charge in [0.1, 0.15) is 5.75 Å². The van der Waals surface area contributed by atoms with Crippen LogP contribution in [-0.2, 0) is 11.3 Å². The van der Waals surface area contributed by atoms with Crippen molar-refractivity contribution in [2.24, 2.45) is 0 Å². The molecule has 1 aromatic rings. The van der Waals surface area contributed by atoms with Crippen LogP contribution in [0.25, 0.3) is 0 Å². The minimum absolute atomic E-state index is 0.165. The number of aliphatic hydroxyl groups is 1. The summed E-state index contributed by atoms with van der Waals surface area (Å²) in [7, 11) is 3.40. The highest BCUT2D eigenvalue weighted by molar-refractivity contribution is 9.10. The first kappa shape index (κ1) is 14.8. The van der Waals surface area contributed by atoms with Crippen molar-refractivity contribution in [1.29, 1.82) is 0 Å². The Hall–Kier alpha value is -0.620. The maximum atomic E-state index is 9.46. The fourth-order valence-corrected chi connectivity index (χ4v) is 2.90. The molecule has 1 aliphatic rings. The fourth-order valence-electron chi connectivity index (χ4n) is 2.56. The van der Waals surface area contributed by atoms with Crippen LogP contribution in [0.1, 0.15) is 12.0 Å². The van der Waals surface area contributed by atoms with Crippen LogP contribution < -0.4 is 4.74 Å². The molecule has 0 bridgehead atoms. The van der Waals surface area contributed by atoms with Gasteiger partial charge in [-0.15, -0.1) is 0 Å². The third kappa shape index (κ3) is 3.48. The minimum atomic E-state index is 0.165. The van der Waals surface area contributed by atoms with Gasteiger partial charge in [-0.05, 0) is 18.6 Å². The molecule has 1 N–H and O–H groups in total. The number of halogens is 1. The summed E-state index contributed by atoms with van der Waals surface area (Å²) in [5.74, 6) is 0.868. The van der Waals surface area contributed by atoms with Crippen molar-refractivity contribution in [3.8, 4) is 5.75 Å². The second-order valence-electron chi connectivity index (χ2n) is 4.82. The number of methoxy groups -OCH3 is 2. The van der Waals surface area contributed by atoms with E-state index in [1.807, 2.05) is 12.1 Å². The first-order valence-corrected chi connectivity index (χ1v) is 7.17. The summed E-state index contributed by atoms with van der Waals surface area (Å²) in [6.07, 6.45) is 1.09. The minimum Gasteiger partial charge on any atom is -0.496 e. The van der Waals surface area contributed by atoms with Crippen molar-refractivity contribution >= 4 is 15.9 Å². The predicted octanol–water partition coefficient (Wildman–Crippen LogP) is 2.04. The summed E-state index contributed by atoms with van der Waals surface area (Å²) in [6, 6.07) is 6.19. The molecule has 2 atom stereocenters. The molecule has 1 heterocycles. The molecule has 1 aliphatic heterocycles. The zero-order valence-corrected chi connectivity index (χ0v) is 12.9. The molecular weight excluding hydrogens is 310 g/mol. The van der Waals surface area contributed by atoms with Crippen LogP contribution >= 0.6 is 15.9 Å². The fraction of sp³-hybridized carbons (Fsp3) is 0.571. The lowest BCUT2D eigenvalue weighted by atomic mass is 10.1. The number of benzene rings is 1. The van der Waals surface area contributed by atoms with E-state index in [-0.39, 0.29) is 18.8 Å². The Bertz CT molecular complexity index is 427. The van der Waals surface area contributed by atoms with E-state index >= 15 is 0 Å². The van der Waals surface area contributed by atoms with Gasteiger partial charge in [0.2, 0.25) is 0 Å². The Balaban J connectivity index is 2.12. The van der Waals surface area contributed by atoms with E-state index < -0.39 is 0 Å². The number of likely N-dealkylation sites (tertiary alicyclic amines) is 1. The molecule has 106 valence electrons. The van der Waals surface area contributed by atoms with E-state index in [0.29, 0.717) is 0 Å². The number of ether oxygens (including phenoxy) is 2. The normalized spacial score (nSPS) is 23.8. The van der Waals surface area contributed by atoms with Crippen LogP contribution in [0.3, 0.4) is 0 Å². The van der Waals surface area contributed by atoms with Crippen LogP contribution in [0.15, 0.2) is 22.7 Å². The van der Waals surface area contributed by atoms with Crippen molar-refractivity contribution < 1.29 is 14.6 Å². The molecule has 0 amide bonds. The lowest BCUT2D eigenvalue weighted by Crippen LogP contribution is -2.32. The molecule has 0 saturated carbocycles. The van der Waals surface area contributed by atoms with Gasteiger partial charge >= 0.3 is 0 Å². The van der Waals surface area contributed by atoms with E-state index in [9.17, 15) is 5.11 Å². The smallest absolute Gasteiger partial charge is 0.124 e. The monoisotopic (exact) mass is 329 g/mol. The highest BCUT2D eigenvalue weighted by atomic mass is 79.9. The van der Waals surface area contributed by atoms with Gasteiger partial charge in [-0.1, -0.05) is 22.0 Å². The Kier molecular flexibility index (Phi) is 5.21. The molecule has 4 nitrogen and oxygen atoms in total. The van der Waals surface area contributed by atoms with Gasteiger partial charge in [0.25, 0.3) is 0 Å². The Morgan fingerprint density at radius 2 is 2.21 bits per heavy atom. The molecule has 1 aromatic carbocycles. The van der Waals surface area contributed by atoms with E-state index in [1.165, 1.54) is 0 Å². The highest BCUT2D eigenvalue weighted by Gasteiger charge is 2.31. The van der Waals surface area contributed by atoms with Gasteiger partial charge in [0.15, 0.2) is 0 Å². The maximum Gasteiger partial charge on any atom is 0.124 e. The molecule has 0 aromatic heterocycles. The zero-order chi connectivity index (χ0) is 13.8. The summed E-state index contributed by atoms with van der Waals surface area (Å²) in [6.45, 7) is 1.78. The van der Waals surface area contributed by atoms with Gasteiger partial charge in [-0.3, -0.25) is 4.90 Å². The van der Waals surface area contributed by atoms with E-state index in [2.05, 4.69) is 26.9 Å². The summed E-state index contributed by atoms with van der Waals surface area (Å²) >= 11 is 3.44. The molecule has 1 saturated heterocycles. The van der Waals surface area contributed by atoms with Crippen molar-refractivity contribution in [3.05, 3.63) is 28.2 Å². The lowest BCUT2D eigenvalue weighted by Gasteiger charge is -2.23. The Morgan fingerprint density at radius 3 is 2.84 bits per heavy atom. The first-order valence-electron chi connectivity index (χ1n) is 6.38. The van der Waals surface area contributed by atoms with Crippen molar-refractivity contribution in [3.63, 3.8) is 0 Å². The van der Waals surface area contributed by atoms with Gasteiger partial charge in [0.05, 0.1) is 19.8 Å². The molecule has 0 aliphatic carbocycles. The number of aliphatic hydroxyl groups excluding tert-OH is 1. The van der Waals surface area contributed by atoms with Crippen molar-refractivity contribution in [2.75, 3.05) is 27.4 Å². The number of hydrogen-bond acceptors (Lipinski definition) is 4. The standard InChI is InChI=1S/C14H20BrNO3/c1-18-13-6-12(9-17)16(8-13)7-10-3-4-11(15)5-14(10)19-2/h3-5,12-13,17H,6-9H2,1-2H3/t12-,13-/m0/s1. The third-order valence-corrected chi connectivity index (χ3v) is 4.15. The van der Waals surface area contributed by atoms with Gasteiger partial charge in [0, 0.05) is 36.3 Å². The van der Waals surface area contributed by atoms with Crippen LogP contribution in [0.5, 0.6) is 5.75 Å². The molecule has 19 heavy (non-hydrogen) atoms. The van der Waals surface area contributed by atoms with Crippen LogP contribution in [0, 0.1) is 0 Å². The highest BCUT2D eigenvalue weighted by Crippen LogP contribution is 2.28. The number of rotatable bonds is 5. The Labute approximate surface area is 122 Å². The quantitative estimate of drug-likeness (QED) is 0.897. The average Bonchev–Trinajstić information content (AvgIpc) is 2.83. The summed E-state index contributed by atoms with van der Waals surface area (Å²) < 4.78 is 11.8. The summed E-state index contributed by atoms with van der Waals surface area (Å²) in [5.41, 5.74) is 1.13. The second kappa shape index (κ2) is 6.70. The van der Waals surface area contributed by atoms with Crippen molar-refractivity contribution in [1.82, 2.24) is 4.90 Å². The van der Waals surface area contributed by atoms with Crippen LogP contribution in [0.4, 0.5) is 0 Å². The first-order chi connectivity index (χ1) is 9.17. The van der Waals surface area contributed by atoms with Crippen LogP contribution in [0.2, 0.25) is 0 Å². The van der Waals surface area contributed by atoms with E-state index in [1.54, 1.807) is 14.2 Å². The molecular formula is C14H20BrNO3. The van der Waals surface area contributed by atoms with Crippen molar-refractivity contribution in [2.45, 2.75) is 25.1 Å². The van der Waals surface area contributed by atoms with E-state index in [0.717, 1.165) is 35.3 Å². The second-order valence-corrected chi connectivity index (χ2v) is 5.73. The molecule has 2 rings (SSSR count). The zero-order valence-electron chi connectivity index (χ0n) is 11.3. The average molecular weight is 330 g/mol. The predicted molar refractivity (Wildman–Crippen MR) is 77.4 cm³/mol. The lowest BCUT2D eigenvalue weighted by molar-refractivity contribution is 0.107. The molecule has 0 unspecified atom stereocenters. The molecule has 1 fully saturated rings. The molecule has 0 spiro atoms. The maximum absolute atomic E-state index is 9.46. The van der Waals surface area contributed by atoms with Gasteiger partial charge in [-0.25, -0.2) is 0 Å². The summed E-state index contributed by atoms with van der Waals surface area (Å²) in [4.78, 5) is 2.25. The largest absolute Gasteiger partial charge is 0.496 e. The van der Waals surface area contributed by atoms with E-state index in [4.69, 9.17) is 9.47 Å². The molecule has 0 radical (unpaired) electrons. The van der Waals surface area contributed by atoms with Gasteiger partial charge in [-0.2, -0.15) is 0 Å². The number of nitrogens with zero attached hydrogens (tertiary/aromatic N) is 1. The Morgan fingerprint density at radius 1 is 1.42 bits per heavy atom. The SMILES string of the molecule is COc1cc(Br)ccc1CN1C[C@@H](OC)C[C@H]1CO. The van der Waals surface area contributed by atoms with Gasteiger partial charge < -0.3 is 14.6 Å². The third-order valence-electron chi connectivity index (χ3n) is 3.66. The topological polar surface area (TPSA) is 41.9 Å².